The molecule has 8 nitrogen and oxygen atoms in total. The SMILES string of the molecule is COc1cccc(-n2nnc(C(=O)NCc3ccc(OC(C)C)nc3)c2C)c1. The van der Waals surface area contributed by atoms with Crippen molar-refractivity contribution in [2.75, 3.05) is 7.11 Å². The molecule has 0 radical (unpaired) electrons. The van der Waals surface area contributed by atoms with E-state index >= 15 is 0 Å². The molecule has 1 aromatic carbocycles. The molecule has 3 rings (SSSR count). The number of ether oxygens (including phenoxy) is 2. The van der Waals surface area contributed by atoms with Crippen LogP contribution in [0.25, 0.3) is 5.69 Å². The van der Waals surface area contributed by atoms with Gasteiger partial charge >= 0.3 is 0 Å². The molecule has 28 heavy (non-hydrogen) atoms. The minimum absolute atomic E-state index is 0.0632. The predicted octanol–water partition coefficient (Wildman–Crippen LogP) is 2.70. The molecule has 0 unspecified atom stereocenters. The van der Waals surface area contributed by atoms with Gasteiger partial charge in [-0.3, -0.25) is 4.79 Å². The van der Waals surface area contributed by atoms with E-state index in [1.165, 1.54) is 0 Å². The third-order valence-corrected chi connectivity index (χ3v) is 4.01. The van der Waals surface area contributed by atoms with Gasteiger partial charge in [-0.15, -0.1) is 5.10 Å². The summed E-state index contributed by atoms with van der Waals surface area (Å²) >= 11 is 0. The molecule has 0 saturated heterocycles. The van der Waals surface area contributed by atoms with E-state index in [0.717, 1.165) is 11.3 Å². The number of amides is 1. The Hall–Kier alpha value is -3.42. The molecule has 0 aliphatic heterocycles. The highest BCUT2D eigenvalue weighted by atomic mass is 16.5. The number of methoxy groups -OCH3 is 1. The van der Waals surface area contributed by atoms with Crippen molar-refractivity contribution in [3.8, 4) is 17.3 Å². The first kappa shape index (κ1) is 19.3. The molecular formula is C20H23N5O3. The highest BCUT2D eigenvalue weighted by molar-refractivity contribution is 5.93. The van der Waals surface area contributed by atoms with E-state index in [4.69, 9.17) is 9.47 Å². The lowest BCUT2D eigenvalue weighted by molar-refractivity contribution is 0.0945. The Bertz CT molecular complexity index is 951. The van der Waals surface area contributed by atoms with Crippen molar-refractivity contribution in [2.24, 2.45) is 0 Å². The lowest BCUT2D eigenvalue weighted by Gasteiger charge is -2.09. The Morgan fingerprint density at radius 1 is 1.25 bits per heavy atom. The molecule has 1 N–H and O–H groups in total. The second-order valence-electron chi connectivity index (χ2n) is 6.49. The molecule has 0 bridgehead atoms. The van der Waals surface area contributed by atoms with Gasteiger partial charge in [0.1, 0.15) is 5.75 Å². The summed E-state index contributed by atoms with van der Waals surface area (Å²) in [6.07, 6.45) is 1.74. The zero-order valence-corrected chi connectivity index (χ0v) is 16.3. The van der Waals surface area contributed by atoms with Gasteiger partial charge in [0.05, 0.1) is 24.6 Å². The zero-order valence-electron chi connectivity index (χ0n) is 16.3. The topological polar surface area (TPSA) is 91.2 Å². The van der Waals surface area contributed by atoms with Crippen LogP contribution >= 0.6 is 0 Å². The summed E-state index contributed by atoms with van der Waals surface area (Å²) < 4.78 is 12.4. The predicted molar refractivity (Wildman–Crippen MR) is 104 cm³/mol. The third-order valence-electron chi connectivity index (χ3n) is 4.01. The van der Waals surface area contributed by atoms with Crippen LogP contribution in [0.1, 0.15) is 35.6 Å². The van der Waals surface area contributed by atoms with Crippen LogP contribution in [0.3, 0.4) is 0 Å². The molecule has 0 spiro atoms. The van der Waals surface area contributed by atoms with Gasteiger partial charge in [0.25, 0.3) is 5.91 Å². The molecule has 2 aromatic heterocycles. The fraction of sp³-hybridized carbons (Fsp3) is 0.300. The molecule has 0 fully saturated rings. The van der Waals surface area contributed by atoms with Gasteiger partial charge in [-0.1, -0.05) is 17.3 Å². The average Bonchev–Trinajstić information content (AvgIpc) is 3.08. The molecule has 0 aliphatic carbocycles. The van der Waals surface area contributed by atoms with Crippen molar-refractivity contribution < 1.29 is 14.3 Å². The fourth-order valence-electron chi connectivity index (χ4n) is 2.62. The monoisotopic (exact) mass is 381 g/mol. The molecule has 0 saturated carbocycles. The maximum absolute atomic E-state index is 12.5. The number of carbonyl (C=O) groups excluding carboxylic acids is 1. The van der Waals surface area contributed by atoms with E-state index in [1.54, 1.807) is 31.0 Å². The minimum Gasteiger partial charge on any atom is -0.497 e. The van der Waals surface area contributed by atoms with Crippen molar-refractivity contribution in [3.63, 3.8) is 0 Å². The fourth-order valence-corrected chi connectivity index (χ4v) is 2.62. The first-order valence-electron chi connectivity index (χ1n) is 8.94. The zero-order chi connectivity index (χ0) is 20.1. The quantitative estimate of drug-likeness (QED) is 0.677. The average molecular weight is 381 g/mol. The number of aromatic nitrogens is 4. The highest BCUT2D eigenvalue weighted by Gasteiger charge is 2.17. The lowest BCUT2D eigenvalue weighted by Crippen LogP contribution is -2.24. The number of nitrogens with one attached hydrogen (secondary N) is 1. The Morgan fingerprint density at radius 3 is 2.75 bits per heavy atom. The van der Waals surface area contributed by atoms with Gasteiger partial charge in [0, 0.05) is 24.9 Å². The molecule has 0 aliphatic rings. The summed E-state index contributed by atoms with van der Waals surface area (Å²) in [5, 5.41) is 11.0. The molecule has 2 heterocycles. The van der Waals surface area contributed by atoms with Crippen LogP contribution in [0.15, 0.2) is 42.6 Å². The summed E-state index contributed by atoms with van der Waals surface area (Å²) in [6.45, 7) is 6.01. The molecule has 1 amide bonds. The Kier molecular flexibility index (Phi) is 5.88. The van der Waals surface area contributed by atoms with Crippen LogP contribution in [0.4, 0.5) is 0 Å². The number of hydrogen-bond donors (Lipinski definition) is 1. The summed E-state index contributed by atoms with van der Waals surface area (Å²) in [4.78, 5) is 16.8. The summed E-state index contributed by atoms with van der Waals surface area (Å²) in [7, 11) is 1.60. The normalized spacial score (nSPS) is 10.8. The second kappa shape index (κ2) is 8.51. The molecule has 3 aromatic rings. The number of hydrogen-bond acceptors (Lipinski definition) is 6. The van der Waals surface area contributed by atoms with Gasteiger partial charge in [0.15, 0.2) is 5.69 Å². The third kappa shape index (κ3) is 4.46. The Labute approximate surface area is 163 Å². The van der Waals surface area contributed by atoms with Gasteiger partial charge in [0.2, 0.25) is 5.88 Å². The van der Waals surface area contributed by atoms with Crippen molar-refractivity contribution in [1.29, 1.82) is 0 Å². The van der Waals surface area contributed by atoms with Gasteiger partial charge in [-0.25, -0.2) is 9.67 Å². The van der Waals surface area contributed by atoms with E-state index < -0.39 is 0 Å². The van der Waals surface area contributed by atoms with Crippen LogP contribution in [-0.2, 0) is 6.54 Å². The van der Waals surface area contributed by atoms with Crippen molar-refractivity contribution in [1.82, 2.24) is 25.3 Å². The maximum atomic E-state index is 12.5. The van der Waals surface area contributed by atoms with Crippen LogP contribution in [-0.4, -0.2) is 39.1 Å². The van der Waals surface area contributed by atoms with Crippen molar-refractivity contribution >= 4 is 5.91 Å². The highest BCUT2D eigenvalue weighted by Crippen LogP contribution is 2.18. The first-order chi connectivity index (χ1) is 13.5. The number of benzene rings is 1. The molecule has 146 valence electrons. The Balaban J connectivity index is 1.67. The van der Waals surface area contributed by atoms with Gasteiger partial charge in [-0.05, 0) is 38.5 Å². The van der Waals surface area contributed by atoms with E-state index in [1.807, 2.05) is 44.2 Å². The maximum Gasteiger partial charge on any atom is 0.274 e. The lowest BCUT2D eigenvalue weighted by atomic mass is 10.2. The van der Waals surface area contributed by atoms with Crippen LogP contribution < -0.4 is 14.8 Å². The summed E-state index contributed by atoms with van der Waals surface area (Å²) in [5.74, 6) is 0.965. The van der Waals surface area contributed by atoms with E-state index in [-0.39, 0.29) is 17.7 Å². The number of pyridine rings is 1. The standard InChI is InChI=1S/C20H23N5O3/c1-13(2)28-18-9-8-15(11-21-18)12-22-20(26)19-14(3)25(24-23-19)16-6-5-7-17(10-16)27-4/h5-11,13H,12H2,1-4H3,(H,22,26). The summed E-state index contributed by atoms with van der Waals surface area (Å²) in [6, 6.07) is 11.1. The minimum atomic E-state index is -0.297. The Morgan fingerprint density at radius 2 is 2.07 bits per heavy atom. The second-order valence-corrected chi connectivity index (χ2v) is 6.49. The van der Waals surface area contributed by atoms with Crippen molar-refractivity contribution in [3.05, 3.63) is 59.5 Å². The van der Waals surface area contributed by atoms with Crippen LogP contribution in [0.5, 0.6) is 11.6 Å². The number of carbonyl (C=O) groups is 1. The van der Waals surface area contributed by atoms with Crippen molar-refractivity contribution in [2.45, 2.75) is 33.4 Å². The van der Waals surface area contributed by atoms with E-state index in [9.17, 15) is 4.79 Å². The number of nitrogens with zero attached hydrogens (tertiary/aromatic N) is 4. The smallest absolute Gasteiger partial charge is 0.274 e. The van der Waals surface area contributed by atoms with Crippen LogP contribution in [0.2, 0.25) is 0 Å². The molecule has 0 atom stereocenters. The number of rotatable bonds is 7. The largest absolute Gasteiger partial charge is 0.497 e. The van der Waals surface area contributed by atoms with E-state index in [0.29, 0.717) is 23.9 Å². The van der Waals surface area contributed by atoms with Crippen LogP contribution in [0, 0.1) is 6.92 Å². The molecular weight excluding hydrogens is 358 g/mol. The van der Waals surface area contributed by atoms with E-state index in [2.05, 4.69) is 20.6 Å². The molecule has 8 heteroatoms. The summed E-state index contributed by atoms with van der Waals surface area (Å²) in [5.41, 5.74) is 2.55. The van der Waals surface area contributed by atoms with Gasteiger partial charge < -0.3 is 14.8 Å². The van der Waals surface area contributed by atoms with Gasteiger partial charge in [-0.2, -0.15) is 0 Å². The first-order valence-corrected chi connectivity index (χ1v) is 8.94.